The lowest BCUT2D eigenvalue weighted by Crippen LogP contribution is -2.35. The van der Waals surface area contributed by atoms with Gasteiger partial charge < -0.3 is 10.4 Å². The van der Waals surface area contributed by atoms with Gasteiger partial charge in [-0.25, -0.2) is 0 Å². The molecule has 0 spiro atoms. The number of hydrogen-bond acceptors (Lipinski definition) is 3. The van der Waals surface area contributed by atoms with E-state index in [-0.39, 0.29) is 12.8 Å². The Labute approximate surface area is 171 Å². The highest BCUT2D eigenvalue weighted by atomic mass is 35.5. The van der Waals surface area contributed by atoms with Crippen molar-refractivity contribution in [2.75, 3.05) is 10.7 Å². The number of para-hydroxylation sites is 1. The van der Waals surface area contributed by atoms with Crippen molar-refractivity contribution in [3.63, 3.8) is 0 Å². The van der Waals surface area contributed by atoms with E-state index in [2.05, 4.69) is 10.7 Å². The van der Waals surface area contributed by atoms with Gasteiger partial charge in [0, 0.05) is 28.4 Å². The number of nitrogens with one attached hydrogen (secondary N) is 2. The van der Waals surface area contributed by atoms with E-state index in [4.69, 9.17) is 16.7 Å². The van der Waals surface area contributed by atoms with Crippen LogP contribution in [0, 0.1) is 0 Å². The molecule has 1 aromatic heterocycles. The number of carboxylic acids is 1. The summed E-state index contributed by atoms with van der Waals surface area (Å²) in [6.07, 6.45) is 0.0691. The van der Waals surface area contributed by atoms with Gasteiger partial charge in [0.05, 0.1) is 12.1 Å². The number of aromatic nitrogens is 1. The van der Waals surface area contributed by atoms with E-state index < -0.39 is 17.8 Å². The topological polar surface area (TPSA) is 100 Å². The molecule has 29 heavy (non-hydrogen) atoms. The molecule has 3 rings (SSSR count). The summed E-state index contributed by atoms with van der Waals surface area (Å²) in [5, 5.41) is 12.1. The Balaban J connectivity index is 1.85. The summed E-state index contributed by atoms with van der Waals surface area (Å²) in [4.78, 5) is 35.7. The summed E-state index contributed by atoms with van der Waals surface area (Å²) >= 11 is 5.94. The number of anilines is 1. The molecule has 0 bridgehead atoms. The molecule has 3 N–H and O–H groups in total. The molecule has 0 saturated heterocycles. The number of carboxylic acid groups (broad SMARTS) is 1. The second-order valence-corrected chi connectivity index (χ2v) is 6.64. The summed E-state index contributed by atoms with van der Waals surface area (Å²) in [5.41, 5.74) is 4.95. The van der Waals surface area contributed by atoms with Crippen molar-refractivity contribution in [2.45, 2.75) is 12.8 Å². The number of amides is 2. The van der Waals surface area contributed by atoms with Crippen LogP contribution < -0.4 is 10.7 Å². The molecule has 0 radical (unpaired) electrons. The highest BCUT2D eigenvalue weighted by Crippen LogP contribution is 2.24. The molecule has 8 heteroatoms. The first-order chi connectivity index (χ1) is 13.9. The summed E-state index contributed by atoms with van der Waals surface area (Å²) in [6.45, 7) is 0. The average Bonchev–Trinajstić information content (AvgIpc) is 3.10. The second-order valence-electron chi connectivity index (χ2n) is 6.21. The number of carbonyl (C=O) groups excluding carboxylic acids is 2. The molecular weight excluding hydrogens is 394 g/mol. The Morgan fingerprint density at radius 2 is 1.59 bits per heavy atom. The molecule has 0 atom stereocenters. The molecule has 0 aliphatic carbocycles. The van der Waals surface area contributed by atoms with Gasteiger partial charge in [0.1, 0.15) is 0 Å². The number of nitrogens with zero attached hydrogens (tertiary/aromatic N) is 1. The van der Waals surface area contributed by atoms with E-state index in [0.29, 0.717) is 22.1 Å². The van der Waals surface area contributed by atoms with Crippen LogP contribution in [-0.2, 0) is 20.8 Å². The zero-order valence-electron chi connectivity index (χ0n) is 15.3. The van der Waals surface area contributed by atoms with Gasteiger partial charge >= 0.3 is 17.8 Å². The number of aliphatic carboxylic acids is 1. The van der Waals surface area contributed by atoms with Gasteiger partial charge in [-0.3, -0.25) is 24.5 Å². The molecule has 1 heterocycles. The fourth-order valence-corrected chi connectivity index (χ4v) is 2.87. The largest absolute Gasteiger partial charge is 0.481 e. The smallest absolute Gasteiger partial charge is 0.328 e. The normalized spacial score (nSPS) is 10.4. The lowest BCUT2D eigenvalue weighted by atomic mass is 10.2. The number of carbonyl (C=O) groups is 3. The summed E-state index contributed by atoms with van der Waals surface area (Å²) in [7, 11) is 0. The minimum Gasteiger partial charge on any atom is -0.481 e. The van der Waals surface area contributed by atoms with E-state index in [0.717, 1.165) is 5.56 Å². The van der Waals surface area contributed by atoms with E-state index in [1.807, 2.05) is 0 Å². The molecule has 2 amide bonds. The molecule has 3 aromatic rings. The number of halogens is 1. The van der Waals surface area contributed by atoms with Crippen LogP contribution in [0.2, 0.25) is 5.02 Å². The average molecular weight is 412 g/mol. The molecule has 0 unspecified atom stereocenters. The Kier molecular flexibility index (Phi) is 6.31. The third kappa shape index (κ3) is 5.24. The second kappa shape index (κ2) is 9.07. The predicted molar refractivity (Wildman–Crippen MR) is 110 cm³/mol. The van der Waals surface area contributed by atoms with Gasteiger partial charge in [-0.15, -0.1) is 0 Å². The van der Waals surface area contributed by atoms with Gasteiger partial charge in [-0.1, -0.05) is 41.9 Å². The first kappa shape index (κ1) is 20.2. The molecule has 2 aromatic carbocycles. The monoisotopic (exact) mass is 411 g/mol. The van der Waals surface area contributed by atoms with Crippen LogP contribution >= 0.6 is 11.6 Å². The van der Waals surface area contributed by atoms with Crippen molar-refractivity contribution < 1.29 is 19.5 Å². The first-order valence-corrected chi connectivity index (χ1v) is 9.17. The quantitative estimate of drug-likeness (QED) is 0.540. The molecular formula is C21H18ClN3O4. The number of aryl methyl sites for hydroxylation is 1. The fourth-order valence-electron chi connectivity index (χ4n) is 2.75. The van der Waals surface area contributed by atoms with Gasteiger partial charge in [-0.05, 0) is 36.4 Å². The Morgan fingerprint density at radius 3 is 2.24 bits per heavy atom. The summed E-state index contributed by atoms with van der Waals surface area (Å²) in [5.74, 6) is -2.67. The number of hydrogen-bond donors (Lipinski definition) is 3. The highest BCUT2D eigenvalue weighted by Gasteiger charge is 2.18. The predicted octanol–water partition coefficient (Wildman–Crippen LogP) is 3.53. The highest BCUT2D eigenvalue weighted by molar-refractivity contribution is 6.42. The van der Waals surface area contributed by atoms with E-state index in [1.54, 1.807) is 66.7 Å². The molecule has 0 aliphatic heterocycles. The third-order valence-electron chi connectivity index (χ3n) is 4.15. The van der Waals surface area contributed by atoms with Crippen molar-refractivity contribution in [1.29, 1.82) is 0 Å². The van der Waals surface area contributed by atoms with E-state index in [1.165, 1.54) is 4.68 Å². The maximum atomic E-state index is 12.5. The zero-order chi connectivity index (χ0) is 20.8. The number of benzene rings is 2. The maximum Gasteiger partial charge on any atom is 0.328 e. The molecule has 148 valence electrons. The van der Waals surface area contributed by atoms with Crippen molar-refractivity contribution in [2.24, 2.45) is 0 Å². The lowest BCUT2D eigenvalue weighted by Gasteiger charge is -2.15. The number of rotatable bonds is 6. The molecule has 0 fully saturated rings. The summed E-state index contributed by atoms with van der Waals surface area (Å²) < 4.78 is 1.43. The fraction of sp³-hybridized carbons (Fsp3) is 0.0952. The van der Waals surface area contributed by atoms with Gasteiger partial charge in [0.2, 0.25) is 0 Å². The van der Waals surface area contributed by atoms with E-state index >= 15 is 0 Å². The van der Waals surface area contributed by atoms with Crippen molar-refractivity contribution in [3.8, 4) is 11.3 Å². The Bertz CT molecular complexity index is 1030. The van der Waals surface area contributed by atoms with Gasteiger partial charge in [0.25, 0.3) is 0 Å². The standard InChI is InChI=1S/C21H18ClN3O4/c22-15-8-6-14(7-9-15)18-12-10-17(11-13-19(26)27)25(18)24-21(29)20(28)23-16-4-2-1-3-5-16/h1-10,12H,11,13H2,(H,23,28)(H,24,29)(H,26,27). The summed E-state index contributed by atoms with van der Waals surface area (Å²) in [6, 6.07) is 19.0. The van der Waals surface area contributed by atoms with Gasteiger partial charge in [-0.2, -0.15) is 0 Å². The lowest BCUT2D eigenvalue weighted by molar-refractivity contribution is -0.137. The van der Waals surface area contributed by atoms with Crippen LogP contribution in [0.3, 0.4) is 0 Å². The van der Waals surface area contributed by atoms with Gasteiger partial charge in [0.15, 0.2) is 0 Å². The van der Waals surface area contributed by atoms with Crippen LogP contribution in [0.25, 0.3) is 11.3 Å². The Morgan fingerprint density at radius 1 is 0.897 bits per heavy atom. The maximum absolute atomic E-state index is 12.5. The molecule has 0 saturated carbocycles. The van der Waals surface area contributed by atoms with Crippen molar-refractivity contribution >= 4 is 35.1 Å². The SMILES string of the molecule is O=C(O)CCc1ccc(-c2ccc(Cl)cc2)n1NC(=O)C(=O)Nc1ccccc1. The first-order valence-electron chi connectivity index (χ1n) is 8.80. The van der Waals surface area contributed by atoms with Crippen LogP contribution in [0.1, 0.15) is 12.1 Å². The van der Waals surface area contributed by atoms with Crippen LogP contribution in [0.5, 0.6) is 0 Å². The van der Waals surface area contributed by atoms with Crippen molar-refractivity contribution in [3.05, 3.63) is 77.4 Å². The minimum absolute atomic E-state index is 0.115. The minimum atomic E-state index is -0.959. The van der Waals surface area contributed by atoms with Crippen LogP contribution in [-0.4, -0.2) is 27.6 Å². The van der Waals surface area contributed by atoms with Crippen molar-refractivity contribution in [1.82, 2.24) is 4.68 Å². The Hall–Kier alpha value is -3.58. The zero-order valence-corrected chi connectivity index (χ0v) is 16.0. The van der Waals surface area contributed by atoms with Crippen LogP contribution in [0.15, 0.2) is 66.7 Å². The molecule has 0 aliphatic rings. The van der Waals surface area contributed by atoms with E-state index in [9.17, 15) is 14.4 Å². The third-order valence-corrected chi connectivity index (χ3v) is 4.40. The van der Waals surface area contributed by atoms with Crippen LogP contribution in [0.4, 0.5) is 5.69 Å². The molecule has 7 nitrogen and oxygen atoms in total.